The van der Waals surface area contributed by atoms with E-state index in [1.54, 1.807) is 20.1 Å². The number of esters is 1. The molecule has 26 nitrogen and oxygen atoms in total. The molecule has 4 aliphatic heterocycles. The van der Waals surface area contributed by atoms with Crippen LogP contribution in [0.25, 0.3) is 0 Å². The van der Waals surface area contributed by atoms with E-state index >= 15 is 4.79 Å². The van der Waals surface area contributed by atoms with Gasteiger partial charge in [0.1, 0.15) is 30.5 Å². The molecule has 1 aromatic carbocycles. The average Bonchev–Trinajstić information content (AvgIpc) is 0.971. The molecule has 4 fully saturated rings. The van der Waals surface area contributed by atoms with E-state index in [0.717, 1.165) is 7.11 Å². The second-order valence-corrected chi connectivity index (χ2v) is 26.8. The SMILES string of the molecule is C=C(OC)C(=O)Nc1cc(OC)c(OC)cc1C(=O)OC1CC(OC2C(=O)C(NC(=O)OC)=C3C(=CCSSSC)[C@]2(O)C#CC=CC#CC3OC2OC(C)C(NOC3CC(O)C(SC)C(C)O3)C(O)C2OC2CC(OC)C(NC(C)C)CO2)OC(C)C1O. The first kappa shape index (κ1) is 71.8. The van der Waals surface area contributed by atoms with Crippen LogP contribution in [0.4, 0.5) is 10.5 Å². The highest BCUT2D eigenvalue weighted by atomic mass is 33.5. The van der Waals surface area contributed by atoms with Gasteiger partial charge in [-0.2, -0.15) is 17.2 Å². The zero-order chi connectivity index (χ0) is 64.9. The fraction of sp³-hybridized carbons (Fsp3) is 0.627. The number of Topliss-reactive ketones (excluding diaryl/α,β-unsaturated/α-hetero) is 1. The number of methoxy groups -OCH3 is 5. The number of allylic oxidation sites excluding steroid dienone is 2. The van der Waals surface area contributed by atoms with Crippen molar-refractivity contribution in [2.45, 2.75) is 175 Å². The zero-order valence-corrected chi connectivity index (χ0v) is 54.6. The highest BCUT2D eigenvalue weighted by Crippen LogP contribution is 2.44. The number of benzene rings is 1. The molecule has 18 unspecified atom stereocenters. The van der Waals surface area contributed by atoms with E-state index in [1.807, 2.05) is 33.3 Å². The number of aliphatic hydroxyl groups excluding tert-OH is 3. The third-order valence-electron chi connectivity index (χ3n) is 15.2. The highest BCUT2D eigenvalue weighted by molar-refractivity contribution is 9.09. The summed E-state index contributed by atoms with van der Waals surface area (Å²) in [7, 11) is 10.8. The summed E-state index contributed by atoms with van der Waals surface area (Å²) in [5.41, 5.74) is -0.949. The van der Waals surface area contributed by atoms with Crippen LogP contribution in [-0.2, 0) is 66.5 Å². The number of thioether (sulfide) groups is 1. The predicted molar refractivity (Wildman–Crippen MR) is 330 cm³/mol. The first-order chi connectivity index (χ1) is 42.5. The normalized spacial score (nSPS) is 34.1. The molecule has 492 valence electrons. The summed E-state index contributed by atoms with van der Waals surface area (Å²) in [5, 5.41) is 56.8. The molecule has 2 aliphatic carbocycles. The number of anilines is 1. The largest absolute Gasteiger partial charge is 0.493 e. The Balaban J connectivity index is 1.27. The van der Waals surface area contributed by atoms with E-state index in [4.69, 9.17) is 66.4 Å². The van der Waals surface area contributed by atoms with Gasteiger partial charge in [0.2, 0.25) is 5.78 Å². The van der Waals surface area contributed by atoms with E-state index < -0.39 is 134 Å². The van der Waals surface area contributed by atoms with Gasteiger partial charge in [0.25, 0.3) is 5.91 Å². The molecule has 0 aromatic heterocycles. The molecule has 89 heavy (non-hydrogen) atoms. The number of ketones is 1. The van der Waals surface area contributed by atoms with Gasteiger partial charge in [-0.15, -0.1) is 0 Å². The highest BCUT2D eigenvalue weighted by Gasteiger charge is 2.57. The van der Waals surface area contributed by atoms with Crippen molar-refractivity contribution < 1.29 is 106 Å². The fourth-order valence-electron chi connectivity index (χ4n) is 10.8. The summed E-state index contributed by atoms with van der Waals surface area (Å²) < 4.78 is 77.9. The summed E-state index contributed by atoms with van der Waals surface area (Å²) in [4.78, 5) is 62.5. The Morgan fingerprint density at radius 3 is 2.22 bits per heavy atom. The first-order valence-corrected chi connectivity index (χ1v) is 33.8. The van der Waals surface area contributed by atoms with Gasteiger partial charge < -0.3 is 92.6 Å². The number of fused-ring (bicyclic) bond motifs is 2. The number of nitrogens with one attached hydrogen (secondary N) is 4. The number of carbonyl (C=O) groups is 4. The Kier molecular flexibility index (Phi) is 26.9. The van der Waals surface area contributed by atoms with E-state index in [0.29, 0.717) is 0 Å². The fourth-order valence-corrected chi connectivity index (χ4v) is 14.1. The van der Waals surface area contributed by atoms with E-state index in [9.17, 15) is 34.8 Å². The number of amides is 2. The molecular weight excluding hydrogens is 1240 g/mol. The molecule has 2 amide bonds. The summed E-state index contributed by atoms with van der Waals surface area (Å²) in [6.07, 6.45) is -11.7. The van der Waals surface area contributed by atoms with Crippen molar-refractivity contribution in [1.29, 1.82) is 0 Å². The summed E-state index contributed by atoms with van der Waals surface area (Å²) in [6, 6.07) is 1.39. The number of carbonyl (C=O) groups excluding carboxylic acids is 4. The van der Waals surface area contributed by atoms with E-state index in [1.165, 1.54) is 95.7 Å². The topological polar surface area (TPSA) is 327 Å². The Bertz CT molecular complexity index is 2890. The van der Waals surface area contributed by atoms with Crippen molar-refractivity contribution in [2.24, 2.45) is 0 Å². The molecule has 0 saturated carbocycles. The Labute approximate surface area is 533 Å². The standard InChI is InChI=1S/C59H80N4O22S4/c1-28(2)60-36-27-77-43(25-39(36)73-8)83-52-50(66)47(63-85-45-24-37(64)53(86-12)31(5)79-45)29(3)80-57(52)82-38-18-16-14-15-17-20-59(71)34(19-21-88-89-87-13)46(38)48(62-58(70)76-11)51(67)54(59)84-44-26-42(49(65)30(4)78-44)81-56(69)33-22-40(74-9)41(75-10)23-35(33)61-55(68)32(6)72-7/h14-15,19,22-23,28-31,36-39,42-45,47,49-50,52-54,57,60,63-66,71H,6,21,24-27H2,1-5,7-13H3,(H,61,68)(H,62,70)/t29?,30?,31?,36?,37?,38?,39?,42?,43?,44?,45?,47?,49?,50?,52?,53?,54?,57?,59-/m1/s1. The minimum atomic E-state index is -2.66. The smallest absolute Gasteiger partial charge is 0.411 e. The number of hydroxylamine groups is 1. The molecular formula is C59H80N4O22S4. The van der Waals surface area contributed by atoms with Crippen LogP contribution < -0.4 is 30.9 Å². The second-order valence-electron chi connectivity index (χ2n) is 21.4. The minimum absolute atomic E-state index is 0.0843. The Hall–Kier alpha value is -4.62. The first-order valence-electron chi connectivity index (χ1n) is 28.4. The molecule has 4 heterocycles. The quantitative estimate of drug-likeness (QED) is 0.0132. The maximum Gasteiger partial charge on any atom is 0.411 e. The van der Waals surface area contributed by atoms with Crippen LogP contribution in [0.15, 0.2) is 59.5 Å². The molecule has 8 N–H and O–H groups in total. The van der Waals surface area contributed by atoms with E-state index in [2.05, 4.69) is 51.7 Å². The number of alkyl carbamates (subject to hydrolysis) is 1. The van der Waals surface area contributed by atoms with Gasteiger partial charge in [0.15, 0.2) is 54.1 Å². The van der Waals surface area contributed by atoms with Crippen molar-refractivity contribution in [1.82, 2.24) is 16.1 Å². The minimum Gasteiger partial charge on any atom is -0.493 e. The molecule has 2 bridgehead atoms. The average molecular weight is 1330 g/mol. The van der Waals surface area contributed by atoms with Gasteiger partial charge in [-0.05, 0) is 55.3 Å². The van der Waals surface area contributed by atoms with Gasteiger partial charge in [0.05, 0.1) is 99.8 Å². The molecule has 7 rings (SSSR count). The van der Waals surface area contributed by atoms with E-state index in [-0.39, 0.29) is 88.3 Å². The molecule has 4 saturated heterocycles. The lowest BCUT2D eigenvalue weighted by atomic mass is 9.73. The van der Waals surface area contributed by atoms with Gasteiger partial charge in [-0.3, -0.25) is 19.7 Å². The number of rotatable bonds is 25. The second kappa shape index (κ2) is 33.3. The van der Waals surface area contributed by atoms with Crippen molar-refractivity contribution in [3.05, 3.63) is 65.1 Å². The molecule has 0 radical (unpaired) electrons. The number of aliphatic hydroxyl groups is 4. The monoisotopic (exact) mass is 1320 g/mol. The van der Waals surface area contributed by atoms with Crippen LogP contribution >= 0.6 is 43.2 Å². The van der Waals surface area contributed by atoms with Gasteiger partial charge in [-0.1, -0.05) is 71.8 Å². The molecule has 0 spiro atoms. The third kappa shape index (κ3) is 17.6. The molecule has 6 aliphatic rings. The Morgan fingerprint density at radius 1 is 0.854 bits per heavy atom. The lowest BCUT2D eigenvalue weighted by Gasteiger charge is -2.47. The van der Waals surface area contributed by atoms with Gasteiger partial charge in [-0.25, -0.2) is 9.59 Å². The molecule has 30 heteroatoms. The number of hydrogen-bond acceptors (Lipinski definition) is 28. The molecule has 19 atom stereocenters. The van der Waals surface area contributed by atoms with Crippen LogP contribution in [0.5, 0.6) is 11.5 Å². The summed E-state index contributed by atoms with van der Waals surface area (Å²) in [5.74, 6) is 8.60. The predicted octanol–water partition coefficient (Wildman–Crippen LogP) is 3.42. The van der Waals surface area contributed by atoms with Gasteiger partial charge in [0, 0.05) is 61.4 Å². The van der Waals surface area contributed by atoms with Crippen LogP contribution in [0.1, 0.15) is 64.2 Å². The maximum atomic E-state index is 15.6. The van der Waals surface area contributed by atoms with Crippen LogP contribution in [0.2, 0.25) is 0 Å². The lowest BCUT2D eigenvalue weighted by Crippen LogP contribution is -2.65. The molecule has 1 aromatic rings. The van der Waals surface area contributed by atoms with Crippen LogP contribution in [0, 0.1) is 23.7 Å². The number of hydrogen-bond donors (Lipinski definition) is 8. The van der Waals surface area contributed by atoms with Crippen molar-refractivity contribution in [3.63, 3.8) is 0 Å². The number of ether oxygens (including phenoxy) is 13. The third-order valence-corrected chi connectivity index (χ3v) is 20.2. The zero-order valence-electron chi connectivity index (χ0n) is 51.4. The lowest BCUT2D eigenvalue weighted by molar-refractivity contribution is -0.336. The summed E-state index contributed by atoms with van der Waals surface area (Å²) >= 11 is 1.47. The van der Waals surface area contributed by atoms with Crippen LogP contribution in [0.3, 0.4) is 0 Å². The van der Waals surface area contributed by atoms with Crippen LogP contribution in [-0.4, -0.2) is 226 Å². The maximum absolute atomic E-state index is 15.6. The van der Waals surface area contributed by atoms with Crippen molar-refractivity contribution >= 4 is 72.6 Å². The Morgan fingerprint density at radius 2 is 1.56 bits per heavy atom. The van der Waals surface area contributed by atoms with Crippen molar-refractivity contribution in [2.75, 3.05) is 65.7 Å². The van der Waals surface area contributed by atoms with Gasteiger partial charge >= 0.3 is 12.1 Å². The summed E-state index contributed by atoms with van der Waals surface area (Å²) in [6.45, 7) is 12.6. The van der Waals surface area contributed by atoms with Crippen molar-refractivity contribution in [3.8, 4) is 35.2 Å².